The maximum absolute atomic E-state index is 12.1. The van der Waals surface area contributed by atoms with Crippen LogP contribution in [0, 0.1) is 75.5 Å². The predicted octanol–water partition coefficient (Wildman–Crippen LogP) is 17.4. The van der Waals surface area contributed by atoms with Gasteiger partial charge in [-0.25, -0.2) is 0 Å². The molecule has 0 atom stereocenters. The van der Waals surface area contributed by atoms with Gasteiger partial charge in [0.1, 0.15) is 34.9 Å². The van der Waals surface area contributed by atoms with E-state index >= 15 is 0 Å². The highest BCUT2D eigenvalue weighted by atomic mass is 15.1. The van der Waals surface area contributed by atoms with E-state index < -0.39 is 0 Å². The Morgan fingerprint density at radius 2 is 0.507 bits per heavy atom. The van der Waals surface area contributed by atoms with E-state index in [1.807, 2.05) is 36.4 Å². The van der Waals surface area contributed by atoms with E-state index in [4.69, 9.17) is 0 Å². The molecule has 0 spiro atoms. The van der Waals surface area contributed by atoms with E-state index in [2.05, 4.69) is 219 Å². The fourth-order valence-corrected chi connectivity index (χ4v) is 12.6. The largest absolute Gasteiger partial charge is 0.306 e. The molecule has 75 heavy (non-hydrogen) atoms. The second kappa shape index (κ2) is 17.1. The van der Waals surface area contributed by atoms with Crippen LogP contribution in [0.4, 0.5) is 0 Å². The van der Waals surface area contributed by atoms with E-state index in [0.717, 1.165) is 82.1 Å². The van der Waals surface area contributed by atoms with Gasteiger partial charge < -0.3 is 13.7 Å². The fraction of sp³-hybridized carbons (Fsp3) is 0.0870. The van der Waals surface area contributed by atoms with Crippen molar-refractivity contribution in [3.63, 3.8) is 0 Å². The van der Waals surface area contributed by atoms with Crippen molar-refractivity contribution in [3.05, 3.63) is 232 Å². The molecule has 13 aromatic rings. The fourth-order valence-electron chi connectivity index (χ4n) is 12.6. The summed E-state index contributed by atoms with van der Waals surface area (Å²) < 4.78 is 6.30. The summed E-state index contributed by atoms with van der Waals surface area (Å²) >= 11 is 0. The number of hydrogen-bond donors (Lipinski definition) is 0. The molecule has 6 heteroatoms. The van der Waals surface area contributed by atoms with Crippen LogP contribution in [0.3, 0.4) is 0 Å². The highest BCUT2D eigenvalue weighted by Crippen LogP contribution is 2.47. The van der Waals surface area contributed by atoms with Crippen LogP contribution in [0.15, 0.2) is 182 Å². The standard InChI is InChI=1S/C69H48N6/c1-40-16-13-17-41(2)64(40)46-28-31-61-52(34-46)49-22-7-10-25-58(49)73(61)67-55(37-70)68(74-59-26-11-8-23-50(59)53-35-47(29-32-62(53)74)65-42(3)18-14-19-43(65)4)57(39-72)69(56(67)38-71)75-60-27-12-9-24-51(60)54-36-48(30-33-63(54)75)66-44(5)20-15-21-45(66)6/h7-36H,1-6H3. The zero-order valence-corrected chi connectivity index (χ0v) is 42.5. The Labute approximate surface area is 435 Å². The SMILES string of the molecule is Cc1cccc(C)c1-c1ccc2c(c1)c1ccccc1n2-c1c(C#N)c(-n2c3ccccc3c3cc(-c4c(C)cccc4C)ccc32)c(C#N)c(-n2c3ccccc3c3cc(-c4c(C)cccc4C)ccc32)c1C#N. The third-order valence-corrected chi connectivity index (χ3v) is 15.8. The van der Waals surface area contributed by atoms with Crippen LogP contribution in [0.2, 0.25) is 0 Å². The van der Waals surface area contributed by atoms with Crippen molar-refractivity contribution in [1.82, 2.24) is 13.7 Å². The number of aryl methyl sites for hydroxylation is 6. The Balaban J connectivity index is 1.22. The van der Waals surface area contributed by atoms with Gasteiger partial charge in [-0.1, -0.05) is 127 Å². The van der Waals surface area contributed by atoms with Crippen LogP contribution in [0.1, 0.15) is 50.1 Å². The molecule has 13 rings (SSSR count). The third-order valence-electron chi connectivity index (χ3n) is 15.8. The Kier molecular flexibility index (Phi) is 10.3. The Hall–Kier alpha value is -9.93. The second-order valence-corrected chi connectivity index (χ2v) is 20.1. The van der Waals surface area contributed by atoms with Crippen molar-refractivity contribution in [3.8, 4) is 68.7 Å². The van der Waals surface area contributed by atoms with Crippen LogP contribution in [-0.4, -0.2) is 13.7 Å². The van der Waals surface area contributed by atoms with Crippen molar-refractivity contribution < 1.29 is 0 Å². The van der Waals surface area contributed by atoms with Gasteiger partial charge in [-0.15, -0.1) is 0 Å². The molecule has 354 valence electrons. The average Bonchev–Trinajstić information content (AvgIpc) is 4.07. The van der Waals surface area contributed by atoms with Crippen molar-refractivity contribution >= 4 is 65.4 Å². The first-order valence-corrected chi connectivity index (χ1v) is 25.4. The van der Waals surface area contributed by atoms with Gasteiger partial charge in [0.05, 0.1) is 50.2 Å². The monoisotopic (exact) mass is 960 g/mol. The Morgan fingerprint density at radius 3 is 0.760 bits per heavy atom. The second-order valence-electron chi connectivity index (χ2n) is 20.1. The number of nitriles is 3. The van der Waals surface area contributed by atoms with Gasteiger partial charge in [0.15, 0.2) is 0 Å². The quantitative estimate of drug-likeness (QED) is 0.166. The first kappa shape index (κ1) is 45.0. The summed E-state index contributed by atoms with van der Waals surface area (Å²) in [5, 5.41) is 42.1. The smallest absolute Gasteiger partial charge is 0.104 e. The molecule has 0 aliphatic carbocycles. The molecular weight excluding hydrogens is 913 g/mol. The van der Waals surface area contributed by atoms with E-state index in [9.17, 15) is 15.8 Å². The summed E-state index contributed by atoms with van der Waals surface area (Å²) in [7, 11) is 0. The van der Waals surface area contributed by atoms with Crippen molar-refractivity contribution in [1.29, 1.82) is 15.8 Å². The molecule has 0 unspecified atom stereocenters. The minimum absolute atomic E-state index is 0.216. The maximum Gasteiger partial charge on any atom is 0.104 e. The molecule has 0 fully saturated rings. The minimum atomic E-state index is 0.216. The van der Waals surface area contributed by atoms with E-state index in [1.165, 1.54) is 50.1 Å². The van der Waals surface area contributed by atoms with Crippen LogP contribution in [0.5, 0.6) is 0 Å². The Morgan fingerprint density at radius 1 is 0.267 bits per heavy atom. The molecule has 0 aliphatic rings. The lowest BCUT2D eigenvalue weighted by molar-refractivity contribution is 1.06. The summed E-state index contributed by atoms with van der Waals surface area (Å²) in [4.78, 5) is 0. The molecule has 10 aromatic carbocycles. The molecule has 0 saturated heterocycles. The topological polar surface area (TPSA) is 86.2 Å². The summed E-state index contributed by atoms with van der Waals surface area (Å²) in [5.41, 5.74) is 20.7. The average molecular weight is 961 g/mol. The normalized spacial score (nSPS) is 11.6. The first-order valence-electron chi connectivity index (χ1n) is 25.4. The van der Waals surface area contributed by atoms with Crippen molar-refractivity contribution in [2.24, 2.45) is 0 Å². The molecule has 0 aliphatic heterocycles. The molecule has 3 heterocycles. The van der Waals surface area contributed by atoms with Gasteiger partial charge in [-0.05, 0) is 163 Å². The number of benzene rings is 10. The Bertz CT molecular complexity index is 4200. The molecule has 6 nitrogen and oxygen atoms in total. The number of hydrogen-bond acceptors (Lipinski definition) is 3. The summed E-state index contributed by atoms with van der Waals surface area (Å²) in [6.45, 7) is 12.9. The molecular formula is C69H48N6. The van der Waals surface area contributed by atoms with Gasteiger partial charge in [-0.3, -0.25) is 0 Å². The number of para-hydroxylation sites is 3. The molecule has 0 bridgehead atoms. The molecule has 0 amide bonds. The summed E-state index contributed by atoms with van der Waals surface area (Å²) in [6, 6.07) is 71.5. The number of nitrogens with zero attached hydrogens (tertiary/aromatic N) is 6. The van der Waals surface area contributed by atoms with Gasteiger partial charge in [-0.2, -0.15) is 15.8 Å². The zero-order chi connectivity index (χ0) is 51.4. The van der Waals surface area contributed by atoms with E-state index in [0.29, 0.717) is 17.1 Å². The van der Waals surface area contributed by atoms with E-state index in [1.54, 1.807) is 0 Å². The van der Waals surface area contributed by atoms with Gasteiger partial charge >= 0.3 is 0 Å². The van der Waals surface area contributed by atoms with Gasteiger partial charge in [0.2, 0.25) is 0 Å². The highest BCUT2D eigenvalue weighted by molar-refractivity contribution is 6.15. The highest BCUT2D eigenvalue weighted by Gasteiger charge is 2.33. The number of rotatable bonds is 6. The van der Waals surface area contributed by atoms with Crippen LogP contribution in [-0.2, 0) is 0 Å². The number of fused-ring (bicyclic) bond motifs is 9. The van der Waals surface area contributed by atoms with E-state index in [-0.39, 0.29) is 16.7 Å². The number of aromatic nitrogens is 3. The van der Waals surface area contributed by atoms with Crippen LogP contribution in [0.25, 0.3) is 116 Å². The van der Waals surface area contributed by atoms with Crippen LogP contribution < -0.4 is 0 Å². The minimum Gasteiger partial charge on any atom is -0.306 e. The lowest BCUT2D eigenvalue weighted by atomic mass is 9.94. The molecule has 3 aromatic heterocycles. The lowest BCUT2D eigenvalue weighted by Gasteiger charge is -2.23. The van der Waals surface area contributed by atoms with Gasteiger partial charge in [0.25, 0.3) is 0 Å². The van der Waals surface area contributed by atoms with Gasteiger partial charge in [0, 0.05) is 32.3 Å². The van der Waals surface area contributed by atoms with Crippen molar-refractivity contribution in [2.75, 3.05) is 0 Å². The summed E-state index contributed by atoms with van der Waals surface area (Å²) in [6.07, 6.45) is 0. The molecule has 0 N–H and O–H groups in total. The van der Waals surface area contributed by atoms with Crippen LogP contribution >= 0.6 is 0 Å². The van der Waals surface area contributed by atoms with Crippen molar-refractivity contribution in [2.45, 2.75) is 41.5 Å². The maximum atomic E-state index is 12.1. The molecule has 0 radical (unpaired) electrons. The predicted molar refractivity (Wildman–Crippen MR) is 308 cm³/mol. The third kappa shape index (κ3) is 6.55. The lowest BCUT2D eigenvalue weighted by Crippen LogP contribution is -2.14. The summed E-state index contributed by atoms with van der Waals surface area (Å²) in [5.74, 6) is 0. The zero-order valence-electron chi connectivity index (χ0n) is 42.5. The molecule has 0 saturated carbocycles. The first-order chi connectivity index (χ1) is 36.6.